The fourth-order valence-corrected chi connectivity index (χ4v) is 3.25. The van der Waals surface area contributed by atoms with E-state index in [0.717, 1.165) is 18.4 Å². The number of piperidine rings is 1. The van der Waals surface area contributed by atoms with Crippen LogP contribution < -0.4 is 15.4 Å². The van der Waals surface area contributed by atoms with Crippen LogP contribution in [0.25, 0.3) is 0 Å². The topological polar surface area (TPSA) is 70.7 Å². The Morgan fingerprint density at radius 1 is 1.18 bits per heavy atom. The molecule has 0 aliphatic carbocycles. The molecule has 148 valence electrons. The van der Waals surface area contributed by atoms with Crippen LogP contribution in [0.1, 0.15) is 18.4 Å². The number of anilines is 1. The number of hydrogen-bond donors (Lipinski definition) is 2. The SMILES string of the molecule is COc1ccccc1NC(=O)N1CCC[C@H](C(=O)NCc2ccc(F)cc2)C1. The van der Waals surface area contributed by atoms with Crippen LogP contribution in [0.15, 0.2) is 48.5 Å². The zero-order valence-corrected chi connectivity index (χ0v) is 15.8. The molecule has 0 bridgehead atoms. The molecular weight excluding hydrogens is 361 g/mol. The lowest BCUT2D eigenvalue weighted by molar-refractivity contribution is -0.126. The van der Waals surface area contributed by atoms with Crippen LogP contribution >= 0.6 is 0 Å². The Kier molecular flexibility index (Phi) is 6.47. The Hall–Kier alpha value is -3.09. The van der Waals surface area contributed by atoms with Crippen molar-refractivity contribution in [2.24, 2.45) is 5.92 Å². The summed E-state index contributed by atoms with van der Waals surface area (Å²) in [5.41, 5.74) is 1.43. The van der Waals surface area contributed by atoms with Gasteiger partial charge in [-0.25, -0.2) is 9.18 Å². The Balaban J connectivity index is 1.54. The standard InChI is InChI=1S/C21H24FN3O3/c1-28-19-7-3-2-6-18(19)24-21(27)25-12-4-5-16(14-25)20(26)23-13-15-8-10-17(22)11-9-15/h2-3,6-11,16H,4-5,12-14H2,1H3,(H,23,26)(H,24,27)/t16-/m0/s1. The summed E-state index contributed by atoms with van der Waals surface area (Å²) in [6.45, 7) is 1.29. The normalized spacial score (nSPS) is 16.4. The first-order valence-electron chi connectivity index (χ1n) is 9.28. The maximum atomic E-state index is 13.0. The van der Waals surface area contributed by atoms with Gasteiger partial charge in [0, 0.05) is 19.6 Å². The van der Waals surface area contributed by atoms with Gasteiger partial charge in [-0.3, -0.25) is 4.79 Å². The summed E-state index contributed by atoms with van der Waals surface area (Å²) in [6.07, 6.45) is 1.49. The molecule has 1 fully saturated rings. The van der Waals surface area contributed by atoms with Crippen LogP contribution in [0, 0.1) is 11.7 Å². The predicted molar refractivity (Wildman–Crippen MR) is 105 cm³/mol. The van der Waals surface area contributed by atoms with Gasteiger partial charge < -0.3 is 20.3 Å². The van der Waals surface area contributed by atoms with Gasteiger partial charge in [0.1, 0.15) is 11.6 Å². The van der Waals surface area contributed by atoms with Gasteiger partial charge in [-0.15, -0.1) is 0 Å². The zero-order valence-electron chi connectivity index (χ0n) is 15.8. The molecule has 3 rings (SSSR count). The quantitative estimate of drug-likeness (QED) is 0.829. The second kappa shape index (κ2) is 9.21. The monoisotopic (exact) mass is 385 g/mol. The van der Waals surface area contributed by atoms with Crippen LogP contribution in [0.5, 0.6) is 5.75 Å². The molecule has 2 aromatic rings. The average molecular weight is 385 g/mol. The molecule has 2 aromatic carbocycles. The second-order valence-corrected chi connectivity index (χ2v) is 6.76. The first-order valence-corrected chi connectivity index (χ1v) is 9.28. The van der Waals surface area contributed by atoms with E-state index < -0.39 is 0 Å². The number of rotatable bonds is 5. The largest absolute Gasteiger partial charge is 0.495 e. The highest BCUT2D eigenvalue weighted by Crippen LogP contribution is 2.24. The van der Waals surface area contributed by atoms with Crippen molar-refractivity contribution in [3.63, 3.8) is 0 Å². The van der Waals surface area contributed by atoms with Gasteiger partial charge in [-0.2, -0.15) is 0 Å². The lowest BCUT2D eigenvalue weighted by Crippen LogP contribution is -2.46. The van der Waals surface area contributed by atoms with Crippen molar-refractivity contribution < 1.29 is 18.7 Å². The number of amides is 3. The molecule has 0 saturated carbocycles. The first-order chi connectivity index (χ1) is 13.6. The Morgan fingerprint density at radius 3 is 2.68 bits per heavy atom. The van der Waals surface area contributed by atoms with E-state index in [1.54, 1.807) is 36.3 Å². The molecule has 1 heterocycles. The highest BCUT2D eigenvalue weighted by molar-refractivity contribution is 5.91. The number of methoxy groups -OCH3 is 1. The summed E-state index contributed by atoms with van der Waals surface area (Å²) in [4.78, 5) is 26.8. The van der Waals surface area contributed by atoms with E-state index in [1.165, 1.54) is 12.1 Å². The molecule has 28 heavy (non-hydrogen) atoms. The predicted octanol–water partition coefficient (Wildman–Crippen LogP) is 3.39. The van der Waals surface area contributed by atoms with E-state index in [-0.39, 0.29) is 23.7 Å². The summed E-state index contributed by atoms with van der Waals surface area (Å²) < 4.78 is 18.2. The lowest BCUT2D eigenvalue weighted by atomic mass is 9.97. The minimum absolute atomic E-state index is 0.0980. The van der Waals surface area contributed by atoms with Gasteiger partial charge in [-0.05, 0) is 42.7 Å². The molecule has 1 aliphatic heterocycles. The summed E-state index contributed by atoms with van der Waals surface area (Å²) in [5.74, 6) is -0.0859. The summed E-state index contributed by atoms with van der Waals surface area (Å²) >= 11 is 0. The number of para-hydroxylation sites is 2. The fourth-order valence-electron chi connectivity index (χ4n) is 3.25. The average Bonchev–Trinajstić information content (AvgIpc) is 2.73. The third kappa shape index (κ3) is 5.00. The molecule has 1 atom stereocenters. The summed E-state index contributed by atoms with van der Waals surface area (Å²) in [7, 11) is 1.55. The zero-order chi connectivity index (χ0) is 19.9. The van der Waals surface area contributed by atoms with Gasteiger partial charge in [0.25, 0.3) is 0 Å². The number of ether oxygens (including phenoxy) is 1. The van der Waals surface area contributed by atoms with Crippen molar-refractivity contribution in [1.82, 2.24) is 10.2 Å². The van der Waals surface area contributed by atoms with E-state index >= 15 is 0 Å². The van der Waals surface area contributed by atoms with Gasteiger partial charge in [-0.1, -0.05) is 24.3 Å². The molecule has 0 radical (unpaired) electrons. The van der Waals surface area contributed by atoms with Crippen LogP contribution in [0.4, 0.5) is 14.9 Å². The van der Waals surface area contributed by atoms with Crippen molar-refractivity contribution >= 4 is 17.6 Å². The van der Waals surface area contributed by atoms with Gasteiger partial charge in [0.05, 0.1) is 18.7 Å². The van der Waals surface area contributed by atoms with Crippen LogP contribution in [-0.2, 0) is 11.3 Å². The Bertz CT molecular complexity index is 826. The van der Waals surface area contributed by atoms with E-state index in [9.17, 15) is 14.0 Å². The minimum atomic E-state index is -0.306. The van der Waals surface area contributed by atoms with Crippen LogP contribution in [0.3, 0.4) is 0 Å². The maximum absolute atomic E-state index is 13.0. The number of hydrogen-bond acceptors (Lipinski definition) is 3. The first kappa shape index (κ1) is 19.7. The molecule has 0 aromatic heterocycles. The van der Waals surface area contributed by atoms with Gasteiger partial charge in [0.15, 0.2) is 0 Å². The van der Waals surface area contributed by atoms with Crippen molar-refractivity contribution in [2.45, 2.75) is 19.4 Å². The molecule has 1 saturated heterocycles. The maximum Gasteiger partial charge on any atom is 0.321 e. The molecule has 6 nitrogen and oxygen atoms in total. The Labute approximate surface area is 163 Å². The number of halogens is 1. The third-order valence-corrected chi connectivity index (χ3v) is 4.81. The summed E-state index contributed by atoms with van der Waals surface area (Å²) in [6, 6.07) is 13.0. The lowest BCUT2D eigenvalue weighted by Gasteiger charge is -2.32. The fraction of sp³-hybridized carbons (Fsp3) is 0.333. The van der Waals surface area contributed by atoms with Crippen molar-refractivity contribution in [1.29, 1.82) is 0 Å². The van der Waals surface area contributed by atoms with Crippen molar-refractivity contribution in [3.05, 3.63) is 59.9 Å². The molecule has 7 heteroatoms. The van der Waals surface area contributed by atoms with Crippen LogP contribution in [0.2, 0.25) is 0 Å². The number of likely N-dealkylation sites (tertiary alicyclic amines) is 1. The molecule has 3 amide bonds. The van der Waals surface area contributed by atoms with Crippen LogP contribution in [-0.4, -0.2) is 37.0 Å². The van der Waals surface area contributed by atoms with E-state index in [2.05, 4.69) is 10.6 Å². The third-order valence-electron chi connectivity index (χ3n) is 4.81. The van der Waals surface area contributed by atoms with Gasteiger partial charge >= 0.3 is 6.03 Å². The minimum Gasteiger partial charge on any atom is -0.495 e. The Morgan fingerprint density at radius 2 is 1.93 bits per heavy atom. The number of carbonyl (C=O) groups is 2. The molecule has 2 N–H and O–H groups in total. The number of carbonyl (C=O) groups excluding carboxylic acids is 2. The van der Waals surface area contributed by atoms with E-state index in [0.29, 0.717) is 31.1 Å². The number of benzene rings is 2. The van der Waals surface area contributed by atoms with E-state index in [4.69, 9.17) is 4.74 Å². The summed E-state index contributed by atoms with van der Waals surface area (Å²) in [5, 5.41) is 5.72. The molecule has 0 unspecified atom stereocenters. The number of nitrogens with one attached hydrogen (secondary N) is 2. The number of urea groups is 1. The molecular formula is C21H24FN3O3. The second-order valence-electron chi connectivity index (χ2n) is 6.76. The van der Waals surface area contributed by atoms with Gasteiger partial charge in [0.2, 0.25) is 5.91 Å². The highest BCUT2D eigenvalue weighted by Gasteiger charge is 2.28. The van der Waals surface area contributed by atoms with E-state index in [1.807, 2.05) is 12.1 Å². The molecule has 1 aliphatic rings. The highest BCUT2D eigenvalue weighted by atomic mass is 19.1. The number of nitrogens with zero attached hydrogens (tertiary/aromatic N) is 1. The van der Waals surface area contributed by atoms with Crippen molar-refractivity contribution in [3.8, 4) is 5.75 Å². The van der Waals surface area contributed by atoms with Crippen molar-refractivity contribution in [2.75, 3.05) is 25.5 Å². The molecule has 0 spiro atoms. The smallest absolute Gasteiger partial charge is 0.321 e.